The number of pyridine rings is 1. The third-order valence-electron chi connectivity index (χ3n) is 2.90. The molecule has 1 atom stereocenters. The highest BCUT2D eigenvalue weighted by Crippen LogP contribution is 2.17. The van der Waals surface area contributed by atoms with Gasteiger partial charge in [0.05, 0.1) is 0 Å². The first-order valence-corrected chi connectivity index (χ1v) is 7.43. The Kier molecular flexibility index (Phi) is 4.01. The zero-order valence-corrected chi connectivity index (χ0v) is 11.3. The fourth-order valence-corrected chi connectivity index (χ4v) is 3.16. The number of nitrogens with one attached hydrogen (secondary N) is 3. The maximum Gasteiger partial charge on any atom is 0.244 e. The Bertz CT molecular complexity index is 573. The molecule has 1 saturated heterocycles. The second-order valence-electron chi connectivity index (χ2n) is 4.26. The van der Waals surface area contributed by atoms with Crippen LogP contribution in [0.4, 0.5) is 5.82 Å². The van der Waals surface area contributed by atoms with Gasteiger partial charge in [-0.15, -0.1) is 0 Å². The van der Waals surface area contributed by atoms with Gasteiger partial charge in [0, 0.05) is 32.3 Å². The lowest BCUT2D eigenvalue weighted by atomic mass is 10.2. The summed E-state index contributed by atoms with van der Waals surface area (Å²) in [5.74, 6) is 0.256. The standard InChI is InChI=1S/C11H16N4O3S/c1-12-11-9(3-2-6-13-11)19(17,18)14-7-8-4-5-10(16)15-8/h2-3,6,8,14H,4-5,7H2,1H3,(H,12,13)(H,15,16). The zero-order valence-electron chi connectivity index (χ0n) is 10.5. The van der Waals surface area contributed by atoms with Crippen molar-refractivity contribution in [3.63, 3.8) is 0 Å². The smallest absolute Gasteiger partial charge is 0.244 e. The number of carbonyl (C=O) groups is 1. The van der Waals surface area contributed by atoms with Crippen molar-refractivity contribution in [2.75, 3.05) is 18.9 Å². The van der Waals surface area contributed by atoms with Gasteiger partial charge in [-0.05, 0) is 18.6 Å². The summed E-state index contributed by atoms with van der Waals surface area (Å²) < 4.78 is 26.8. The van der Waals surface area contributed by atoms with Crippen molar-refractivity contribution in [1.82, 2.24) is 15.0 Å². The van der Waals surface area contributed by atoms with Gasteiger partial charge in [-0.3, -0.25) is 4.79 Å². The molecule has 1 unspecified atom stereocenters. The average Bonchev–Trinajstić information content (AvgIpc) is 2.82. The lowest BCUT2D eigenvalue weighted by Crippen LogP contribution is -2.38. The van der Waals surface area contributed by atoms with E-state index >= 15 is 0 Å². The molecule has 0 saturated carbocycles. The van der Waals surface area contributed by atoms with Gasteiger partial charge in [0.1, 0.15) is 10.7 Å². The number of carbonyl (C=O) groups excluding carboxylic acids is 1. The molecule has 1 aromatic heterocycles. The summed E-state index contributed by atoms with van der Waals surface area (Å²) in [5, 5.41) is 5.45. The van der Waals surface area contributed by atoms with Crippen molar-refractivity contribution in [1.29, 1.82) is 0 Å². The summed E-state index contributed by atoms with van der Waals surface area (Å²) in [5.41, 5.74) is 0. The van der Waals surface area contributed by atoms with E-state index in [1.54, 1.807) is 13.1 Å². The van der Waals surface area contributed by atoms with Crippen LogP contribution >= 0.6 is 0 Å². The van der Waals surface area contributed by atoms with Gasteiger partial charge < -0.3 is 10.6 Å². The number of anilines is 1. The molecule has 2 heterocycles. The molecule has 8 heteroatoms. The molecule has 0 radical (unpaired) electrons. The van der Waals surface area contributed by atoms with E-state index < -0.39 is 10.0 Å². The summed E-state index contributed by atoms with van der Waals surface area (Å²) in [7, 11) is -2.02. The highest BCUT2D eigenvalue weighted by molar-refractivity contribution is 7.89. The number of rotatable bonds is 5. The molecule has 0 bridgehead atoms. The van der Waals surface area contributed by atoms with E-state index in [1.165, 1.54) is 12.3 Å². The van der Waals surface area contributed by atoms with E-state index in [0.29, 0.717) is 18.7 Å². The van der Waals surface area contributed by atoms with Gasteiger partial charge in [-0.25, -0.2) is 18.1 Å². The minimum Gasteiger partial charge on any atom is -0.372 e. The van der Waals surface area contributed by atoms with Gasteiger partial charge in [-0.1, -0.05) is 0 Å². The maximum absolute atomic E-state index is 12.1. The van der Waals surface area contributed by atoms with Crippen LogP contribution in [0.25, 0.3) is 0 Å². The number of aromatic nitrogens is 1. The molecular weight excluding hydrogens is 268 g/mol. The molecule has 1 amide bonds. The second kappa shape index (κ2) is 5.54. The Morgan fingerprint density at radius 2 is 2.32 bits per heavy atom. The minimum absolute atomic E-state index is 0.0403. The molecule has 19 heavy (non-hydrogen) atoms. The normalized spacial score (nSPS) is 19.2. The quantitative estimate of drug-likeness (QED) is 0.688. The first-order chi connectivity index (χ1) is 9.03. The molecule has 7 nitrogen and oxygen atoms in total. The molecule has 0 aromatic carbocycles. The van der Waals surface area contributed by atoms with Crippen LogP contribution in [0.2, 0.25) is 0 Å². The Morgan fingerprint density at radius 3 is 2.95 bits per heavy atom. The van der Waals surface area contributed by atoms with E-state index in [1.807, 2.05) is 0 Å². The number of sulfonamides is 1. The summed E-state index contributed by atoms with van der Waals surface area (Å²) in [6.07, 6.45) is 2.61. The van der Waals surface area contributed by atoms with Crippen LogP contribution in [-0.2, 0) is 14.8 Å². The number of nitrogens with zero attached hydrogens (tertiary/aromatic N) is 1. The predicted molar refractivity (Wildman–Crippen MR) is 70.1 cm³/mol. The summed E-state index contributed by atoms with van der Waals surface area (Å²) >= 11 is 0. The monoisotopic (exact) mass is 284 g/mol. The number of hydrogen-bond acceptors (Lipinski definition) is 5. The molecule has 1 fully saturated rings. The molecule has 1 aromatic rings. The van der Waals surface area contributed by atoms with Crippen molar-refractivity contribution in [2.24, 2.45) is 0 Å². The molecule has 1 aliphatic heterocycles. The first-order valence-electron chi connectivity index (χ1n) is 5.95. The Labute approximate surface area is 111 Å². The molecule has 0 aliphatic carbocycles. The SMILES string of the molecule is CNc1ncccc1S(=O)(=O)NCC1CCC(=O)N1. The van der Waals surface area contributed by atoms with Gasteiger partial charge >= 0.3 is 0 Å². The molecule has 1 aliphatic rings. The second-order valence-corrected chi connectivity index (χ2v) is 5.99. The predicted octanol–water partition coefficient (Wildman–Crippen LogP) is -0.320. The first kappa shape index (κ1) is 13.8. The van der Waals surface area contributed by atoms with Gasteiger partial charge in [0.2, 0.25) is 15.9 Å². The van der Waals surface area contributed by atoms with Gasteiger partial charge in [-0.2, -0.15) is 0 Å². The highest BCUT2D eigenvalue weighted by atomic mass is 32.2. The highest BCUT2D eigenvalue weighted by Gasteiger charge is 2.24. The number of amides is 1. The van der Waals surface area contributed by atoms with E-state index in [0.717, 1.165) is 0 Å². The fourth-order valence-electron chi connectivity index (χ4n) is 1.91. The fraction of sp³-hybridized carbons (Fsp3) is 0.455. The van der Waals surface area contributed by atoms with E-state index in [9.17, 15) is 13.2 Å². The van der Waals surface area contributed by atoms with Gasteiger partial charge in [0.25, 0.3) is 0 Å². The lowest BCUT2D eigenvalue weighted by Gasteiger charge is -2.13. The summed E-state index contributed by atoms with van der Waals surface area (Å²) in [6.45, 7) is 0.187. The molecule has 3 N–H and O–H groups in total. The zero-order chi connectivity index (χ0) is 13.9. The van der Waals surface area contributed by atoms with E-state index in [2.05, 4.69) is 20.3 Å². The average molecular weight is 284 g/mol. The van der Waals surface area contributed by atoms with Crippen LogP contribution in [0.1, 0.15) is 12.8 Å². The van der Waals surface area contributed by atoms with Crippen molar-refractivity contribution < 1.29 is 13.2 Å². The maximum atomic E-state index is 12.1. The van der Waals surface area contributed by atoms with Crippen molar-refractivity contribution in [2.45, 2.75) is 23.8 Å². The van der Waals surface area contributed by atoms with Crippen LogP contribution in [0.3, 0.4) is 0 Å². The van der Waals surface area contributed by atoms with Gasteiger partial charge in [0.15, 0.2) is 0 Å². The molecule has 0 spiro atoms. The van der Waals surface area contributed by atoms with Crippen LogP contribution in [0.15, 0.2) is 23.2 Å². The Morgan fingerprint density at radius 1 is 1.53 bits per heavy atom. The van der Waals surface area contributed by atoms with Crippen LogP contribution in [-0.4, -0.2) is 38.9 Å². The third-order valence-corrected chi connectivity index (χ3v) is 4.36. The molecule has 104 valence electrons. The lowest BCUT2D eigenvalue weighted by molar-refractivity contribution is -0.119. The van der Waals surface area contributed by atoms with Crippen LogP contribution < -0.4 is 15.4 Å². The van der Waals surface area contributed by atoms with Crippen molar-refractivity contribution in [3.8, 4) is 0 Å². The third kappa shape index (κ3) is 3.21. The van der Waals surface area contributed by atoms with Crippen LogP contribution in [0.5, 0.6) is 0 Å². The van der Waals surface area contributed by atoms with E-state index in [4.69, 9.17) is 0 Å². The summed E-state index contributed by atoms with van der Waals surface area (Å²) in [6, 6.07) is 2.90. The van der Waals surface area contributed by atoms with Crippen LogP contribution in [0, 0.1) is 0 Å². The Hall–Kier alpha value is -1.67. The van der Waals surface area contributed by atoms with Crippen molar-refractivity contribution >= 4 is 21.7 Å². The minimum atomic E-state index is -3.63. The number of hydrogen-bond donors (Lipinski definition) is 3. The largest absolute Gasteiger partial charge is 0.372 e. The topological polar surface area (TPSA) is 100 Å². The van der Waals surface area contributed by atoms with Crippen molar-refractivity contribution in [3.05, 3.63) is 18.3 Å². The summed E-state index contributed by atoms with van der Waals surface area (Å²) in [4.78, 5) is 15.1. The van der Waals surface area contributed by atoms with E-state index in [-0.39, 0.29) is 23.4 Å². The molecule has 2 rings (SSSR count). The molecular formula is C11H16N4O3S. The Balaban J connectivity index is 2.08.